The van der Waals surface area contributed by atoms with E-state index in [1.165, 1.54) is 22.9 Å². The first-order valence-electron chi connectivity index (χ1n) is 9.84. The van der Waals surface area contributed by atoms with Crippen LogP contribution in [-0.4, -0.2) is 36.4 Å². The molecule has 8 heteroatoms. The van der Waals surface area contributed by atoms with Gasteiger partial charge in [0.1, 0.15) is 0 Å². The Hall–Kier alpha value is -3.52. The molecule has 1 aromatic carbocycles. The highest BCUT2D eigenvalue weighted by Crippen LogP contribution is 2.28. The van der Waals surface area contributed by atoms with Crippen molar-refractivity contribution in [3.05, 3.63) is 83.9 Å². The molecule has 0 saturated heterocycles. The number of carbonyl (C=O) groups is 1. The van der Waals surface area contributed by atoms with Gasteiger partial charge in [-0.25, -0.2) is 0 Å². The van der Waals surface area contributed by atoms with Crippen molar-refractivity contribution < 1.29 is 4.79 Å². The van der Waals surface area contributed by atoms with Gasteiger partial charge in [-0.15, -0.1) is 10.2 Å². The third-order valence-corrected chi connectivity index (χ3v) is 5.77. The standard InChI is InChI=1S/C23H22N6OS/c1-16-6-7-20(13-17(16)2)29-22(18-8-11-24-12-9-18)27-28-23(29)31-15-21(30)26-14-19-5-3-4-10-25-19/h3-13H,14-15H2,1-2H3,(H,26,30). The fraction of sp³-hybridized carbons (Fsp3) is 0.174. The van der Waals surface area contributed by atoms with Crippen molar-refractivity contribution in [2.24, 2.45) is 0 Å². The van der Waals surface area contributed by atoms with Gasteiger partial charge in [-0.3, -0.25) is 19.3 Å². The SMILES string of the molecule is Cc1ccc(-n2c(SCC(=O)NCc3ccccn3)nnc2-c2ccncc2)cc1C. The average molecular weight is 431 g/mol. The smallest absolute Gasteiger partial charge is 0.230 e. The zero-order valence-electron chi connectivity index (χ0n) is 17.3. The number of thioether (sulfide) groups is 1. The van der Waals surface area contributed by atoms with Crippen LogP contribution in [0.3, 0.4) is 0 Å². The molecule has 0 fully saturated rings. The van der Waals surface area contributed by atoms with Crippen LogP contribution in [-0.2, 0) is 11.3 Å². The van der Waals surface area contributed by atoms with Gasteiger partial charge in [-0.1, -0.05) is 23.9 Å². The van der Waals surface area contributed by atoms with Crippen molar-refractivity contribution in [3.8, 4) is 17.1 Å². The van der Waals surface area contributed by atoms with Crippen molar-refractivity contribution in [2.75, 3.05) is 5.75 Å². The number of hydrogen-bond donors (Lipinski definition) is 1. The summed E-state index contributed by atoms with van der Waals surface area (Å²) in [6.07, 6.45) is 5.17. The molecule has 1 N–H and O–H groups in total. The highest BCUT2D eigenvalue weighted by Gasteiger charge is 2.17. The predicted octanol–water partition coefficient (Wildman–Crippen LogP) is 3.75. The van der Waals surface area contributed by atoms with Gasteiger partial charge >= 0.3 is 0 Å². The van der Waals surface area contributed by atoms with E-state index in [2.05, 4.69) is 51.5 Å². The number of pyridine rings is 2. The number of hydrogen-bond acceptors (Lipinski definition) is 6. The molecule has 3 aromatic heterocycles. The van der Waals surface area contributed by atoms with Gasteiger partial charge in [0.15, 0.2) is 11.0 Å². The fourth-order valence-electron chi connectivity index (χ4n) is 3.02. The molecule has 7 nitrogen and oxygen atoms in total. The van der Waals surface area contributed by atoms with Crippen molar-refractivity contribution in [3.63, 3.8) is 0 Å². The molecule has 0 aliphatic heterocycles. The summed E-state index contributed by atoms with van der Waals surface area (Å²) in [5.41, 5.74) is 5.07. The molecule has 0 radical (unpaired) electrons. The fourth-order valence-corrected chi connectivity index (χ4v) is 3.80. The van der Waals surface area contributed by atoms with E-state index >= 15 is 0 Å². The molecule has 156 valence electrons. The Balaban J connectivity index is 1.56. The third kappa shape index (κ3) is 4.97. The van der Waals surface area contributed by atoms with Crippen molar-refractivity contribution in [1.29, 1.82) is 0 Å². The van der Waals surface area contributed by atoms with Crippen LogP contribution in [0, 0.1) is 13.8 Å². The summed E-state index contributed by atoms with van der Waals surface area (Å²) in [5.74, 6) is 0.851. The Morgan fingerprint density at radius 1 is 1.00 bits per heavy atom. The number of aryl methyl sites for hydroxylation is 2. The lowest BCUT2D eigenvalue weighted by Gasteiger charge is -2.12. The van der Waals surface area contributed by atoms with Gasteiger partial charge in [-0.2, -0.15) is 0 Å². The monoisotopic (exact) mass is 430 g/mol. The first-order chi connectivity index (χ1) is 15.1. The quantitative estimate of drug-likeness (QED) is 0.450. The van der Waals surface area contributed by atoms with Crippen LogP contribution in [0.4, 0.5) is 0 Å². The van der Waals surface area contributed by atoms with E-state index in [1.807, 2.05) is 41.0 Å². The van der Waals surface area contributed by atoms with E-state index in [-0.39, 0.29) is 11.7 Å². The zero-order chi connectivity index (χ0) is 21.6. The summed E-state index contributed by atoms with van der Waals surface area (Å²) in [6, 6.07) is 15.7. The van der Waals surface area contributed by atoms with Crippen LogP contribution < -0.4 is 5.32 Å². The summed E-state index contributed by atoms with van der Waals surface area (Å²) in [7, 11) is 0. The summed E-state index contributed by atoms with van der Waals surface area (Å²) in [5, 5.41) is 12.3. The molecule has 3 heterocycles. The Bertz CT molecular complexity index is 1180. The van der Waals surface area contributed by atoms with E-state index in [4.69, 9.17) is 0 Å². The topological polar surface area (TPSA) is 85.6 Å². The number of amides is 1. The number of nitrogens with zero attached hydrogens (tertiary/aromatic N) is 5. The molecule has 4 rings (SSSR count). The van der Waals surface area contributed by atoms with Crippen LogP contribution in [0.2, 0.25) is 0 Å². The second-order valence-corrected chi connectivity index (χ2v) is 7.98. The van der Waals surface area contributed by atoms with E-state index < -0.39 is 0 Å². The highest BCUT2D eigenvalue weighted by molar-refractivity contribution is 7.99. The Morgan fingerprint density at radius 2 is 1.84 bits per heavy atom. The van der Waals surface area contributed by atoms with Crippen LogP contribution in [0.15, 0.2) is 72.3 Å². The Kier molecular flexibility index (Phi) is 6.37. The summed E-state index contributed by atoms with van der Waals surface area (Å²) >= 11 is 1.35. The molecule has 0 spiro atoms. The lowest BCUT2D eigenvalue weighted by molar-refractivity contribution is -0.118. The van der Waals surface area contributed by atoms with E-state index in [0.29, 0.717) is 17.5 Å². The van der Waals surface area contributed by atoms with Gasteiger partial charge < -0.3 is 5.32 Å². The summed E-state index contributed by atoms with van der Waals surface area (Å²) in [6.45, 7) is 4.55. The number of nitrogens with one attached hydrogen (secondary N) is 1. The normalized spacial score (nSPS) is 10.8. The van der Waals surface area contributed by atoms with E-state index in [1.54, 1.807) is 18.6 Å². The molecular formula is C23H22N6OS. The average Bonchev–Trinajstić information content (AvgIpc) is 3.23. The van der Waals surface area contributed by atoms with Gasteiger partial charge in [-0.05, 0) is 61.4 Å². The molecule has 0 aliphatic carbocycles. The van der Waals surface area contributed by atoms with Crippen LogP contribution >= 0.6 is 11.8 Å². The maximum atomic E-state index is 12.4. The minimum absolute atomic E-state index is 0.0873. The molecule has 4 aromatic rings. The first kappa shape index (κ1) is 20.7. The molecule has 0 saturated carbocycles. The number of rotatable bonds is 7. The molecule has 0 unspecified atom stereocenters. The zero-order valence-corrected chi connectivity index (χ0v) is 18.1. The number of aromatic nitrogens is 5. The predicted molar refractivity (Wildman–Crippen MR) is 121 cm³/mol. The van der Waals surface area contributed by atoms with Crippen molar-refractivity contribution in [1.82, 2.24) is 30.0 Å². The third-order valence-electron chi connectivity index (χ3n) is 4.85. The number of carbonyl (C=O) groups excluding carboxylic acids is 1. The maximum absolute atomic E-state index is 12.4. The summed E-state index contributed by atoms with van der Waals surface area (Å²) in [4.78, 5) is 20.7. The molecule has 0 atom stereocenters. The van der Waals surface area contributed by atoms with Crippen molar-refractivity contribution >= 4 is 17.7 Å². The van der Waals surface area contributed by atoms with Gasteiger partial charge in [0.2, 0.25) is 5.91 Å². The van der Waals surface area contributed by atoms with Gasteiger partial charge in [0, 0.05) is 24.2 Å². The van der Waals surface area contributed by atoms with Gasteiger partial charge in [0.25, 0.3) is 0 Å². The van der Waals surface area contributed by atoms with Crippen LogP contribution in [0.5, 0.6) is 0 Å². The molecule has 1 amide bonds. The van der Waals surface area contributed by atoms with Crippen LogP contribution in [0.1, 0.15) is 16.8 Å². The second-order valence-electron chi connectivity index (χ2n) is 7.03. The minimum atomic E-state index is -0.0873. The van der Waals surface area contributed by atoms with Crippen molar-refractivity contribution in [2.45, 2.75) is 25.5 Å². The Morgan fingerprint density at radius 3 is 2.58 bits per heavy atom. The Labute approximate surface area is 185 Å². The van der Waals surface area contributed by atoms with E-state index in [9.17, 15) is 4.79 Å². The molecular weight excluding hydrogens is 408 g/mol. The maximum Gasteiger partial charge on any atom is 0.230 e. The molecule has 0 aliphatic rings. The second kappa shape index (κ2) is 9.53. The summed E-state index contributed by atoms with van der Waals surface area (Å²) < 4.78 is 1.98. The molecule has 0 bridgehead atoms. The minimum Gasteiger partial charge on any atom is -0.350 e. The molecule has 31 heavy (non-hydrogen) atoms. The largest absolute Gasteiger partial charge is 0.350 e. The van der Waals surface area contributed by atoms with Gasteiger partial charge in [0.05, 0.1) is 23.7 Å². The van der Waals surface area contributed by atoms with Crippen LogP contribution in [0.25, 0.3) is 17.1 Å². The lowest BCUT2D eigenvalue weighted by atomic mass is 10.1. The highest BCUT2D eigenvalue weighted by atomic mass is 32.2. The van der Waals surface area contributed by atoms with E-state index in [0.717, 1.165) is 16.9 Å². The first-order valence-corrected chi connectivity index (χ1v) is 10.8. The number of benzene rings is 1. The lowest BCUT2D eigenvalue weighted by Crippen LogP contribution is -2.25.